The molecule has 116 valence electrons. The van der Waals surface area contributed by atoms with Crippen molar-refractivity contribution in [1.82, 2.24) is 5.16 Å². The van der Waals surface area contributed by atoms with Crippen LogP contribution in [-0.2, 0) is 5.54 Å². The van der Waals surface area contributed by atoms with Gasteiger partial charge in [0.2, 0.25) is 0 Å². The van der Waals surface area contributed by atoms with Crippen LogP contribution < -0.4 is 5.73 Å². The molecule has 1 aromatic carbocycles. The van der Waals surface area contributed by atoms with Crippen LogP contribution in [0.4, 0.5) is 8.78 Å². The molecule has 0 amide bonds. The number of aromatic nitrogens is 1. The minimum atomic E-state index is -0.860. The van der Waals surface area contributed by atoms with Crippen molar-refractivity contribution in [3.05, 3.63) is 52.9 Å². The van der Waals surface area contributed by atoms with Crippen molar-refractivity contribution in [1.29, 1.82) is 0 Å². The Morgan fingerprint density at radius 1 is 1.41 bits per heavy atom. The first kappa shape index (κ1) is 15.0. The number of amidine groups is 1. The summed E-state index contributed by atoms with van der Waals surface area (Å²) in [6.07, 6.45) is 2.09. The summed E-state index contributed by atoms with van der Waals surface area (Å²) in [5, 5.41) is 4.19. The number of nitrogens with two attached hydrogens (primary N) is 1. The zero-order valence-electron chi connectivity index (χ0n) is 12.1. The van der Waals surface area contributed by atoms with E-state index in [2.05, 4.69) is 10.1 Å². The van der Waals surface area contributed by atoms with E-state index in [4.69, 9.17) is 10.3 Å². The van der Waals surface area contributed by atoms with E-state index in [9.17, 15) is 8.78 Å². The van der Waals surface area contributed by atoms with Crippen LogP contribution in [0, 0.1) is 18.6 Å². The van der Waals surface area contributed by atoms with E-state index < -0.39 is 17.2 Å². The van der Waals surface area contributed by atoms with Crippen molar-refractivity contribution in [2.75, 3.05) is 0 Å². The molecule has 0 spiro atoms. The normalized spacial score (nSPS) is 25.1. The Balaban J connectivity index is 2.02. The second kappa shape index (κ2) is 5.39. The molecule has 1 aliphatic rings. The molecular weight excluding hydrogens is 308 g/mol. The molecule has 2 N–H and O–H groups in total. The molecule has 1 aliphatic heterocycles. The van der Waals surface area contributed by atoms with Crippen LogP contribution in [0.25, 0.3) is 0 Å². The first-order valence-electron chi connectivity index (χ1n) is 6.77. The summed E-state index contributed by atoms with van der Waals surface area (Å²) >= 11 is 1.40. The average molecular weight is 323 g/mol. The Hall–Kier alpha value is -1.89. The van der Waals surface area contributed by atoms with Gasteiger partial charge in [0.1, 0.15) is 17.9 Å². The van der Waals surface area contributed by atoms with Crippen LogP contribution in [0.3, 0.4) is 0 Å². The lowest BCUT2D eigenvalue weighted by molar-refractivity contribution is 0.409. The molecule has 7 heteroatoms. The standard InChI is InChI=1S/C15H15F2N3OS/c1-8-10(7-21-20-8)13-6-15(2,19-14(18)22-13)11-4-3-9(16)5-12(11)17/h3-5,7,13H,6H2,1-2H3,(H2,18,19). The van der Waals surface area contributed by atoms with Crippen molar-refractivity contribution < 1.29 is 13.3 Å². The van der Waals surface area contributed by atoms with Gasteiger partial charge in [-0.05, 0) is 26.3 Å². The lowest BCUT2D eigenvalue weighted by Crippen LogP contribution is -2.31. The van der Waals surface area contributed by atoms with Crippen molar-refractivity contribution in [2.45, 2.75) is 31.1 Å². The van der Waals surface area contributed by atoms with Crippen LogP contribution in [-0.4, -0.2) is 10.3 Å². The predicted octanol–water partition coefficient (Wildman–Crippen LogP) is 3.67. The van der Waals surface area contributed by atoms with Gasteiger partial charge in [-0.25, -0.2) is 8.78 Å². The minimum absolute atomic E-state index is 0.0433. The topological polar surface area (TPSA) is 64.4 Å². The van der Waals surface area contributed by atoms with Crippen molar-refractivity contribution in [2.24, 2.45) is 10.7 Å². The minimum Gasteiger partial charge on any atom is -0.378 e. The lowest BCUT2D eigenvalue weighted by Gasteiger charge is -2.34. The third-order valence-electron chi connectivity index (χ3n) is 3.85. The van der Waals surface area contributed by atoms with E-state index in [1.54, 1.807) is 13.2 Å². The molecule has 0 saturated heterocycles. The van der Waals surface area contributed by atoms with E-state index in [1.165, 1.54) is 23.9 Å². The van der Waals surface area contributed by atoms with Crippen LogP contribution in [0.15, 0.2) is 34.0 Å². The molecule has 22 heavy (non-hydrogen) atoms. The highest BCUT2D eigenvalue weighted by Gasteiger charge is 2.38. The Morgan fingerprint density at radius 3 is 2.82 bits per heavy atom. The average Bonchev–Trinajstić information content (AvgIpc) is 2.83. The SMILES string of the molecule is Cc1nocc1C1CC(C)(c2ccc(F)cc2F)N=C(N)S1. The third kappa shape index (κ3) is 2.61. The van der Waals surface area contributed by atoms with Gasteiger partial charge >= 0.3 is 0 Å². The largest absolute Gasteiger partial charge is 0.378 e. The smallest absolute Gasteiger partial charge is 0.155 e. The van der Waals surface area contributed by atoms with E-state index in [0.29, 0.717) is 17.2 Å². The lowest BCUT2D eigenvalue weighted by atomic mass is 9.86. The molecular formula is C15H15F2N3OS. The Bertz CT molecular complexity index is 746. The molecule has 2 unspecified atom stereocenters. The highest BCUT2D eigenvalue weighted by molar-refractivity contribution is 8.14. The van der Waals surface area contributed by atoms with Crippen LogP contribution in [0.5, 0.6) is 0 Å². The first-order valence-corrected chi connectivity index (χ1v) is 7.65. The predicted molar refractivity (Wildman–Crippen MR) is 81.5 cm³/mol. The number of nitrogens with zero attached hydrogens (tertiary/aromatic N) is 2. The monoisotopic (exact) mass is 323 g/mol. The maximum absolute atomic E-state index is 14.2. The van der Waals surface area contributed by atoms with E-state index >= 15 is 0 Å². The van der Waals surface area contributed by atoms with Gasteiger partial charge in [-0.2, -0.15) is 0 Å². The van der Waals surface area contributed by atoms with E-state index in [0.717, 1.165) is 17.3 Å². The summed E-state index contributed by atoms with van der Waals surface area (Å²) in [5.74, 6) is -1.23. The molecule has 2 aromatic rings. The van der Waals surface area contributed by atoms with Gasteiger partial charge in [-0.1, -0.05) is 23.0 Å². The van der Waals surface area contributed by atoms with Crippen LogP contribution in [0.2, 0.25) is 0 Å². The van der Waals surface area contributed by atoms with Gasteiger partial charge in [0, 0.05) is 22.4 Å². The number of benzene rings is 1. The number of aryl methyl sites for hydroxylation is 1. The first-order chi connectivity index (χ1) is 10.4. The van der Waals surface area contributed by atoms with Gasteiger partial charge in [0.25, 0.3) is 0 Å². The number of hydrogen-bond donors (Lipinski definition) is 1. The maximum Gasteiger partial charge on any atom is 0.155 e. The molecule has 1 aromatic heterocycles. The van der Waals surface area contributed by atoms with Gasteiger partial charge in [0.15, 0.2) is 5.17 Å². The summed E-state index contributed by atoms with van der Waals surface area (Å²) < 4.78 is 32.3. The fourth-order valence-corrected chi connectivity index (χ4v) is 4.05. The summed E-state index contributed by atoms with van der Waals surface area (Å²) in [5.41, 5.74) is 7.10. The Labute approximate surface area is 130 Å². The van der Waals surface area contributed by atoms with E-state index in [1.807, 2.05) is 6.92 Å². The summed E-state index contributed by atoms with van der Waals surface area (Å²) in [6.45, 7) is 3.64. The molecule has 3 rings (SSSR count). The maximum atomic E-state index is 14.2. The van der Waals surface area contributed by atoms with Crippen LogP contribution in [0.1, 0.15) is 35.4 Å². The van der Waals surface area contributed by atoms with Gasteiger partial charge < -0.3 is 10.3 Å². The zero-order valence-corrected chi connectivity index (χ0v) is 13.0. The molecule has 2 heterocycles. The van der Waals surface area contributed by atoms with Gasteiger partial charge in [-0.15, -0.1) is 0 Å². The molecule has 2 atom stereocenters. The summed E-state index contributed by atoms with van der Waals surface area (Å²) in [4.78, 5) is 4.41. The second-order valence-electron chi connectivity index (χ2n) is 5.51. The number of rotatable bonds is 2. The van der Waals surface area contributed by atoms with Crippen LogP contribution >= 0.6 is 11.8 Å². The van der Waals surface area contributed by atoms with E-state index in [-0.39, 0.29) is 5.25 Å². The molecule has 0 radical (unpaired) electrons. The van der Waals surface area contributed by atoms with Crippen molar-refractivity contribution in [3.63, 3.8) is 0 Å². The van der Waals surface area contributed by atoms with Gasteiger partial charge in [-0.3, -0.25) is 4.99 Å². The zero-order chi connectivity index (χ0) is 15.9. The fraction of sp³-hybridized carbons (Fsp3) is 0.333. The fourth-order valence-electron chi connectivity index (χ4n) is 2.74. The second-order valence-corrected chi connectivity index (χ2v) is 6.74. The molecule has 0 aliphatic carbocycles. The van der Waals surface area contributed by atoms with Crippen molar-refractivity contribution >= 4 is 16.9 Å². The Morgan fingerprint density at radius 2 is 2.18 bits per heavy atom. The molecule has 0 bridgehead atoms. The molecule has 4 nitrogen and oxygen atoms in total. The quantitative estimate of drug-likeness (QED) is 0.916. The number of halogens is 2. The Kier molecular flexibility index (Phi) is 3.68. The number of thioether (sulfide) groups is 1. The highest BCUT2D eigenvalue weighted by atomic mass is 32.2. The van der Waals surface area contributed by atoms with Gasteiger partial charge in [0.05, 0.1) is 11.2 Å². The van der Waals surface area contributed by atoms with Crippen molar-refractivity contribution in [3.8, 4) is 0 Å². The third-order valence-corrected chi connectivity index (χ3v) is 4.89. The molecule has 0 fully saturated rings. The number of hydrogen-bond acceptors (Lipinski definition) is 5. The number of aliphatic imine (C=N–C) groups is 1. The summed E-state index contributed by atoms with van der Waals surface area (Å²) in [6, 6.07) is 3.53. The molecule has 0 saturated carbocycles. The summed E-state index contributed by atoms with van der Waals surface area (Å²) in [7, 11) is 0. The highest BCUT2D eigenvalue weighted by Crippen LogP contribution is 2.47.